The molecule has 4 N–H and O–H groups in total. The predicted octanol–water partition coefficient (Wildman–Crippen LogP) is 2.89. The van der Waals surface area contributed by atoms with Gasteiger partial charge in [0, 0.05) is 70.8 Å². The Bertz CT molecular complexity index is 2310. The number of amides is 5. The van der Waals surface area contributed by atoms with E-state index in [1.165, 1.54) is 12.1 Å². The number of nitrogens with zero attached hydrogens (tertiary/aromatic N) is 3. The molecule has 16 nitrogen and oxygen atoms in total. The summed E-state index contributed by atoms with van der Waals surface area (Å²) in [5.74, 6) is -2.06. The number of hydrogen-bond donors (Lipinski definition) is 4. The third-order valence-electron chi connectivity index (χ3n) is 9.23. The lowest BCUT2D eigenvalue weighted by Crippen LogP contribution is -2.51. The number of imide groups is 1. The number of allylic oxidation sites excluding steroid dienone is 1. The van der Waals surface area contributed by atoms with Crippen LogP contribution in [0.2, 0.25) is 0 Å². The van der Waals surface area contributed by atoms with Crippen LogP contribution in [0, 0.1) is 0 Å². The summed E-state index contributed by atoms with van der Waals surface area (Å²) in [5, 5.41) is 10.1. The number of H-pyrrole nitrogens is 1. The van der Waals surface area contributed by atoms with Gasteiger partial charge in [-0.25, -0.2) is 4.98 Å². The number of carbonyl (C=O) groups excluding carboxylic acids is 5. The molecule has 0 radical (unpaired) electrons. The molecule has 288 valence electrons. The normalized spacial score (nSPS) is 15.2. The van der Waals surface area contributed by atoms with Crippen molar-refractivity contribution in [3.05, 3.63) is 96.6 Å². The molecular weight excluding hydrogens is 722 g/mol. The number of benzene rings is 2. The number of hydrogen-bond acceptors (Lipinski definition) is 11. The molecule has 0 bridgehead atoms. The standard InChI is InChI=1S/C40H39N7O9/c1-24-5-9-32(38(50)45-24)47-39(51)28-3-2-4-33(37(28)40(47)52)55-22-34(48)42-13-15-53-17-18-54-16-14-43-35(49)23-56-36-10-7-26(20-44-36)25-6-8-27-29-21-41-12-11-30(29)46-31(27)19-25/h2-4,6-8,10-12,19-21,32,46H,1,5,9,13-18,22-23H2,(H,42,48)(H,43,49)(H,45,50). The van der Waals surface area contributed by atoms with E-state index in [0.717, 1.165) is 37.8 Å². The third-order valence-corrected chi connectivity index (χ3v) is 9.23. The molecule has 1 fully saturated rings. The molecule has 5 amide bonds. The lowest BCUT2D eigenvalue weighted by molar-refractivity contribution is -0.125. The van der Waals surface area contributed by atoms with Crippen molar-refractivity contribution in [2.45, 2.75) is 18.9 Å². The molecule has 1 saturated heterocycles. The molecule has 2 aliphatic heterocycles. The highest BCUT2D eigenvalue weighted by atomic mass is 16.5. The third kappa shape index (κ3) is 8.51. The molecule has 1 unspecified atom stereocenters. The number of aromatic nitrogens is 3. The Balaban J connectivity index is 0.727. The molecule has 1 atom stereocenters. The summed E-state index contributed by atoms with van der Waals surface area (Å²) in [7, 11) is 0. The Labute approximate surface area is 320 Å². The van der Waals surface area contributed by atoms with Crippen LogP contribution in [0.1, 0.15) is 33.6 Å². The van der Waals surface area contributed by atoms with Crippen LogP contribution in [0.5, 0.6) is 11.6 Å². The SMILES string of the molecule is C=C1CCC(N2C(=O)c3cccc(OCC(=O)NCCOCCOCCNC(=O)COc4ccc(-c5ccc6c(c5)[nH]c5ccncc56)cn4)c3C2=O)C(=O)N1. The Morgan fingerprint density at radius 1 is 0.821 bits per heavy atom. The lowest BCUT2D eigenvalue weighted by Gasteiger charge is -2.29. The van der Waals surface area contributed by atoms with Crippen LogP contribution in [0.15, 0.2) is 85.5 Å². The van der Waals surface area contributed by atoms with E-state index < -0.39 is 36.3 Å². The molecule has 3 aromatic heterocycles. The van der Waals surface area contributed by atoms with Gasteiger partial charge in [-0.15, -0.1) is 0 Å². The summed E-state index contributed by atoms with van der Waals surface area (Å²) < 4.78 is 22.1. The molecule has 5 aromatic rings. The van der Waals surface area contributed by atoms with E-state index in [4.69, 9.17) is 18.9 Å². The fourth-order valence-electron chi connectivity index (χ4n) is 6.48. The van der Waals surface area contributed by atoms with E-state index in [2.05, 4.69) is 49.6 Å². The fourth-order valence-corrected chi connectivity index (χ4v) is 6.48. The van der Waals surface area contributed by atoms with Gasteiger partial charge in [-0.2, -0.15) is 0 Å². The average molecular weight is 762 g/mol. The van der Waals surface area contributed by atoms with Gasteiger partial charge in [-0.1, -0.05) is 24.8 Å². The van der Waals surface area contributed by atoms with Crippen molar-refractivity contribution in [1.29, 1.82) is 0 Å². The van der Waals surface area contributed by atoms with Crippen molar-refractivity contribution in [1.82, 2.24) is 35.8 Å². The van der Waals surface area contributed by atoms with Gasteiger partial charge in [0.15, 0.2) is 13.2 Å². The first kappa shape index (κ1) is 37.7. The van der Waals surface area contributed by atoms with Crippen LogP contribution >= 0.6 is 0 Å². The molecule has 16 heteroatoms. The maximum absolute atomic E-state index is 13.2. The van der Waals surface area contributed by atoms with E-state index in [0.29, 0.717) is 18.0 Å². The molecule has 0 saturated carbocycles. The van der Waals surface area contributed by atoms with Gasteiger partial charge >= 0.3 is 0 Å². The smallest absolute Gasteiger partial charge is 0.266 e. The van der Waals surface area contributed by atoms with E-state index in [1.807, 2.05) is 24.4 Å². The first-order chi connectivity index (χ1) is 27.3. The molecule has 0 aliphatic carbocycles. The maximum atomic E-state index is 13.2. The molecule has 2 aromatic carbocycles. The number of rotatable bonds is 17. The van der Waals surface area contributed by atoms with Crippen molar-refractivity contribution in [3.8, 4) is 22.8 Å². The van der Waals surface area contributed by atoms with Gasteiger partial charge in [-0.3, -0.25) is 33.9 Å². The first-order valence-corrected chi connectivity index (χ1v) is 18.0. The van der Waals surface area contributed by atoms with Crippen molar-refractivity contribution in [2.75, 3.05) is 52.7 Å². The molecule has 5 heterocycles. The summed E-state index contributed by atoms with van der Waals surface area (Å²) in [6.45, 7) is 4.67. The van der Waals surface area contributed by atoms with E-state index in [1.54, 1.807) is 24.5 Å². The summed E-state index contributed by atoms with van der Waals surface area (Å²) in [6.07, 6.45) is 6.03. The summed E-state index contributed by atoms with van der Waals surface area (Å²) >= 11 is 0. The lowest BCUT2D eigenvalue weighted by atomic mass is 10.0. The minimum Gasteiger partial charge on any atom is -0.483 e. The number of piperidine rings is 1. The van der Waals surface area contributed by atoms with Gasteiger partial charge < -0.3 is 39.9 Å². The van der Waals surface area contributed by atoms with Crippen LogP contribution in [-0.4, -0.2) is 108 Å². The Kier molecular flexibility index (Phi) is 11.6. The summed E-state index contributed by atoms with van der Waals surface area (Å²) in [4.78, 5) is 76.2. The van der Waals surface area contributed by atoms with Crippen LogP contribution in [0.4, 0.5) is 0 Å². The number of aromatic amines is 1. The molecule has 56 heavy (non-hydrogen) atoms. The zero-order valence-electron chi connectivity index (χ0n) is 30.3. The second-order valence-electron chi connectivity index (χ2n) is 13.0. The van der Waals surface area contributed by atoms with Gasteiger partial charge in [-0.05, 0) is 48.7 Å². The fraction of sp³-hybridized carbons (Fsp3) is 0.275. The quantitative estimate of drug-likeness (QED) is 0.0802. The summed E-state index contributed by atoms with van der Waals surface area (Å²) in [6, 6.07) is 15.3. The zero-order valence-corrected chi connectivity index (χ0v) is 30.3. The molecular formula is C40H39N7O9. The highest BCUT2D eigenvalue weighted by molar-refractivity contribution is 6.24. The van der Waals surface area contributed by atoms with Gasteiger partial charge in [0.1, 0.15) is 11.8 Å². The van der Waals surface area contributed by atoms with E-state index in [-0.39, 0.29) is 75.3 Å². The molecule has 2 aliphatic rings. The van der Waals surface area contributed by atoms with Crippen molar-refractivity contribution < 1.29 is 42.9 Å². The maximum Gasteiger partial charge on any atom is 0.266 e. The Morgan fingerprint density at radius 3 is 2.30 bits per heavy atom. The van der Waals surface area contributed by atoms with Crippen molar-refractivity contribution in [2.24, 2.45) is 0 Å². The molecule has 0 spiro atoms. The second kappa shape index (κ2) is 17.2. The minimum atomic E-state index is -0.950. The van der Waals surface area contributed by atoms with Crippen LogP contribution in [-0.2, 0) is 23.9 Å². The predicted molar refractivity (Wildman–Crippen MR) is 203 cm³/mol. The van der Waals surface area contributed by atoms with Crippen molar-refractivity contribution >= 4 is 51.3 Å². The van der Waals surface area contributed by atoms with E-state index in [9.17, 15) is 24.0 Å². The number of fused-ring (bicyclic) bond motifs is 4. The Hall–Kier alpha value is -6.65. The van der Waals surface area contributed by atoms with Crippen LogP contribution in [0.25, 0.3) is 32.9 Å². The number of carbonyl (C=O) groups is 5. The van der Waals surface area contributed by atoms with Crippen LogP contribution < -0.4 is 25.4 Å². The average Bonchev–Trinajstić information content (AvgIpc) is 3.70. The van der Waals surface area contributed by atoms with Gasteiger partial charge in [0.25, 0.3) is 23.6 Å². The van der Waals surface area contributed by atoms with Crippen LogP contribution in [0.3, 0.4) is 0 Å². The topological polar surface area (TPSA) is 203 Å². The van der Waals surface area contributed by atoms with Gasteiger partial charge in [0.05, 0.1) is 37.6 Å². The number of nitrogens with one attached hydrogen (secondary N) is 4. The number of pyridine rings is 2. The highest BCUT2D eigenvalue weighted by Gasteiger charge is 2.45. The van der Waals surface area contributed by atoms with Gasteiger partial charge in [0.2, 0.25) is 11.8 Å². The monoisotopic (exact) mass is 761 g/mol. The highest BCUT2D eigenvalue weighted by Crippen LogP contribution is 2.34. The summed E-state index contributed by atoms with van der Waals surface area (Å²) in [5.41, 5.74) is 4.61. The minimum absolute atomic E-state index is 0.0211. The van der Waals surface area contributed by atoms with Crippen molar-refractivity contribution in [3.63, 3.8) is 0 Å². The largest absolute Gasteiger partial charge is 0.483 e. The first-order valence-electron chi connectivity index (χ1n) is 18.0. The molecule has 7 rings (SSSR count). The Morgan fingerprint density at radius 2 is 1.57 bits per heavy atom. The van der Waals surface area contributed by atoms with E-state index >= 15 is 0 Å². The second-order valence-corrected chi connectivity index (χ2v) is 13.0. The zero-order chi connectivity index (χ0) is 39.0. The number of ether oxygens (including phenoxy) is 4.